The summed E-state index contributed by atoms with van der Waals surface area (Å²) >= 11 is 39.1. The SMILES string of the molecule is BrB(Br)Br.CI.COc1ccc(-c2cc3c(Cl)ncnc3[nH]2)cc1.COc1ccc(-c2cc3c(Cl)ncnc3n2C)cc1.ClCCl.Cn1c(-c2ccc(O)cc2)cc2c(Cl)ncnc21. The molecule has 2 N–H and O–H groups in total. The van der Waals surface area contributed by atoms with Gasteiger partial charge in [-0.05, 0) is 113 Å². The number of alkyl halides is 3. The van der Waals surface area contributed by atoms with Gasteiger partial charge in [-0.3, -0.25) is 0 Å². The summed E-state index contributed by atoms with van der Waals surface area (Å²) in [5.74, 6) is 1.91. The van der Waals surface area contributed by atoms with Gasteiger partial charge in [0.25, 0.3) is 0 Å². The minimum atomic E-state index is 0.194. The van der Waals surface area contributed by atoms with Gasteiger partial charge in [0.15, 0.2) is 0 Å². The third-order valence-corrected chi connectivity index (χ3v) is 9.78. The van der Waals surface area contributed by atoms with Crippen LogP contribution in [0.15, 0.2) is 110 Å². The molecule has 3 aromatic carbocycles. The molecule has 22 heteroatoms. The van der Waals surface area contributed by atoms with Crippen molar-refractivity contribution in [2.24, 2.45) is 14.1 Å². The first-order valence-electron chi connectivity index (χ1n) is 18.2. The number of phenols is 1. The quantitative estimate of drug-likeness (QED) is 0.0745. The smallest absolute Gasteiger partial charge is 0.369 e. The van der Waals surface area contributed by atoms with Crippen LogP contribution >= 0.6 is 128 Å². The van der Waals surface area contributed by atoms with Crippen molar-refractivity contribution < 1.29 is 14.6 Å². The minimum absolute atomic E-state index is 0.194. The molecule has 0 unspecified atom stereocenters. The Morgan fingerprint density at radius 1 is 0.594 bits per heavy atom. The molecule has 0 aliphatic heterocycles. The Kier molecular flexibility index (Phi) is 22.2. The van der Waals surface area contributed by atoms with Crippen LogP contribution in [0.3, 0.4) is 0 Å². The van der Waals surface area contributed by atoms with E-state index in [4.69, 9.17) is 67.5 Å². The van der Waals surface area contributed by atoms with E-state index in [1.165, 1.54) is 19.0 Å². The van der Waals surface area contributed by atoms with Gasteiger partial charge in [0.1, 0.15) is 68.6 Å². The van der Waals surface area contributed by atoms with Crippen molar-refractivity contribution in [2.75, 3.05) is 24.5 Å². The number of benzene rings is 3. The van der Waals surface area contributed by atoms with Gasteiger partial charge in [-0.15, -0.1) is 70.5 Å². The zero-order chi connectivity index (χ0) is 46.9. The van der Waals surface area contributed by atoms with E-state index in [9.17, 15) is 5.11 Å². The zero-order valence-electron chi connectivity index (χ0n) is 34.4. The topological polar surface area (TPSA) is 142 Å². The number of aromatic nitrogens is 9. The largest absolute Gasteiger partial charge is 0.508 e. The highest BCUT2D eigenvalue weighted by Gasteiger charge is 2.13. The first-order valence-corrected chi connectivity index (χ1v) is 25.3. The molecule has 0 saturated carbocycles. The summed E-state index contributed by atoms with van der Waals surface area (Å²) in [5, 5.41) is 13.4. The molecule has 12 nitrogen and oxygen atoms in total. The predicted octanol–water partition coefficient (Wildman–Crippen LogP) is 14.2. The summed E-state index contributed by atoms with van der Waals surface area (Å²) in [7, 11) is 7.19. The van der Waals surface area contributed by atoms with Crippen LogP contribution in [-0.4, -0.2) is 76.8 Å². The molecule has 0 fully saturated rings. The molecule has 0 atom stereocenters. The Morgan fingerprint density at radius 3 is 1.33 bits per heavy atom. The third kappa shape index (κ3) is 14.3. The number of rotatable bonds is 5. The van der Waals surface area contributed by atoms with Crippen LogP contribution in [0.25, 0.3) is 66.9 Å². The Bertz CT molecular complexity index is 2860. The van der Waals surface area contributed by atoms with Gasteiger partial charge < -0.3 is 28.7 Å². The van der Waals surface area contributed by atoms with Gasteiger partial charge in [0, 0.05) is 19.8 Å². The van der Waals surface area contributed by atoms with Gasteiger partial charge in [-0.1, -0.05) is 57.4 Å². The first kappa shape index (κ1) is 53.2. The maximum Gasteiger partial charge on any atom is 0.369 e. The van der Waals surface area contributed by atoms with Crippen molar-refractivity contribution in [3.05, 3.63) is 125 Å². The van der Waals surface area contributed by atoms with Crippen LogP contribution in [0.4, 0.5) is 0 Å². The number of methoxy groups -OCH3 is 2. The fraction of sp³-hybridized carbons (Fsp3) is 0.143. The van der Waals surface area contributed by atoms with Crippen molar-refractivity contribution in [3.8, 4) is 51.0 Å². The molecule has 334 valence electrons. The molecule has 0 aliphatic carbocycles. The summed E-state index contributed by atoms with van der Waals surface area (Å²) in [5.41, 5.74) is 8.44. The molecular weight excluding hydrogens is 1230 g/mol. The summed E-state index contributed by atoms with van der Waals surface area (Å²) in [6.45, 7) is 0. The number of fused-ring (bicyclic) bond motifs is 3. The molecule has 9 aromatic rings. The molecule has 0 spiro atoms. The number of nitrogens with zero attached hydrogens (tertiary/aromatic N) is 8. The zero-order valence-corrected chi connectivity index (χ0v) is 45.1. The van der Waals surface area contributed by atoms with E-state index >= 15 is 0 Å². The molecule has 0 amide bonds. The fourth-order valence-electron chi connectivity index (χ4n) is 5.99. The molecule has 6 aromatic heterocycles. The summed E-state index contributed by atoms with van der Waals surface area (Å²) in [6.07, 6.45) is 4.37. The maximum atomic E-state index is 9.31. The Balaban J connectivity index is 0.000000192. The molecule has 0 saturated heterocycles. The molecule has 6 heterocycles. The molecule has 0 bridgehead atoms. The average Bonchev–Trinajstić information content (AvgIpc) is 4.00. The highest BCUT2D eigenvalue weighted by Crippen LogP contribution is 2.32. The Hall–Kier alpha value is -3.40. The second kappa shape index (κ2) is 26.7. The molecular formula is C42H37BBr3Cl5IN9O3. The summed E-state index contributed by atoms with van der Waals surface area (Å²) in [4.78, 5) is 29.7. The number of ether oxygens (including phenoxy) is 2. The lowest BCUT2D eigenvalue weighted by Gasteiger charge is -2.05. The number of hydrogen-bond donors (Lipinski definition) is 2. The van der Waals surface area contributed by atoms with Gasteiger partial charge in [-0.2, -0.15) is 0 Å². The summed E-state index contributed by atoms with van der Waals surface area (Å²) < 4.78 is 14.5. The Morgan fingerprint density at radius 2 is 0.953 bits per heavy atom. The van der Waals surface area contributed by atoms with Crippen LogP contribution in [0, 0.1) is 0 Å². The van der Waals surface area contributed by atoms with E-state index in [2.05, 4.69) is 105 Å². The molecule has 9 rings (SSSR count). The minimum Gasteiger partial charge on any atom is -0.508 e. The van der Waals surface area contributed by atoms with Crippen molar-refractivity contribution in [1.82, 2.24) is 44.0 Å². The second-order valence-electron chi connectivity index (χ2n) is 12.4. The van der Waals surface area contributed by atoms with Crippen LogP contribution in [-0.2, 0) is 14.1 Å². The van der Waals surface area contributed by atoms with E-state index in [0.29, 0.717) is 15.5 Å². The monoisotopic (exact) mass is 1260 g/mol. The van der Waals surface area contributed by atoms with Crippen LogP contribution in [0.1, 0.15) is 0 Å². The molecule has 0 radical (unpaired) electrons. The lowest BCUT2D eigenvalue weighted by atomic mass is 10.1. The van der Waals surface area contributed by atoms with Crippen molar-refractivity contribution >= 4 is 164 Å². The standard InChI is InChI=1S/C14H12ClN3O.2C13H10ClN3O.CH2Cl2.CH3I.BBr3/c1-18-12(9-3-5-10(19-2)6-4-9)7-11-13(15)16-8-17-14(11)18;1-18-9-4-2-8(3-5-9)11-6-10-12(14)15-7-16-13(10)17-11;1-17-11(8-2-4-9(18)5-3-8)6-10-12(14)15-7-16-13(10)17;2-1-3;1-2;2-1(3)4/h3-8H,1-2H3;2-7H,1H3,(H,15,16,17);2-7,18H,1H3;1H2;1H3;. The molecule has 0 aliphatic rings. The average molecular weight is 1270 g/mol. The number of aromatic amines is 1. The number of aryl methyl sites for hydroxylation is 2. The van der Waals surface area contributed by atoms with Crippen molar-refractivity contribution in [3.63, 3.8) is 0 Å². The van der Waals surface area contributed by atoms with E-state index in [-0.39, 0.29) is 14.3 Å². The third-order valence-electron chi connectivity index (χ3n) is 8.88. The maximum absolute atomic E-state index is 9.31. The number of H-pyrrole nitrogens is 1. The van der Waals surface area contributed by atoms with E-state index in [0.717, 1.165) is 78.4 Å². The number of halogens is 9. The summed E-state index contributed by atoms with van der Waals surface area (Å²) in [6, 6.07) is 28.6. The van der Waals surface area contributed by atoms with Gasteiger partial charge >= 0.3 is 3.18 Å². The van der Waals surface area contributed by atoms with E-state index < -0.39 is 0 Å². The second-order valence-corrected chi connectivity index (χ2v) is 20.8. The normalized spacial score (nSPS) is 10.2. The highest BCUT2D eigenvalue weighted by molar-refractivity contribution is 14.1. The number of aromatic hydroxyl groups is 1. The van der Waals surface area contributed by atoms with Crippen molar-refractivity contribution in [2.45, 2.75) is 0 Å². The Labute approximate surface area is 433 Å². The highest BCUT2D eigenvalue weighted by atomic mass is 127. The fourth-order valence-corrected chi connectivity index (χ4v) is 6.55. The van der Waals surface area contributed by atoms with Gasteiger partial charge in [0.05, 0.1) is 47.1 Å². The lowest BCUT2D eigenvalue weighted by Crippen LogP contribution is -1.93. The van der Waals surface area contributed by atoms with Gasteiger partial charge in [-0.25, -0.2) is 29.9 Å². The van der Waals surface area contributed by atoms with Gasteiger partial charge in [0.2, 0.25) is 0 Å². The van der Waals surface area contributed by atoms with E-state index in [1.54, 1.807) is 26.4 Å². The van der Waals surface area contributed by atoms with Crippen molar-refractivity contribution in [1.29, 1.82) is 0 Å². The molecule has 64 heavy (non-hydrogen) atoms. The lowest BCUT2D eigenvalue weighted by molar-refractivity contribution is 0.415. The van der Waals surface area contributed by atoms with E-state index in [1.807, 2.05) is 107 Å². The van der Waals surface area contributed by atoms with Crippen LogP contribution < -0.4 is 9.47 Å². The number of nitrogens with one attached hydrogen (secondary N) is 1. The predicted molar refractivity (Wildman–Crippen MR) is 286 cm³/mol. The first-order chi connectivity index (χ1) is 30.8. The van der Waals surface area contributed by atoms with Crippen LogP contribution in [0.5, 0.6) is 17.2 Å². The number of phenolic OH excluding ortho intramolecular Hbond substituents is 1. The van der Waals surface area contributed by atoms with Crippen LogP contribution in [0.2, 0.25) is 15.5 Å². The number of hydrogen-bond acceptors (Lipinski definition) is 9.